The van der Waals surface area contributed by atoms with E-state index >= 15 is 0 Å². The molecule has 1 atom stereocenters. The van der Waals surface area contributed by atoms with Gasteiger partial charge in [-0.3, -0.25) is 4.79 Å². The number of aromatic nitrogens is 3. The van der Waals surface area contributed by atoms with E-state index in [0.29, 0.717) is 10.8 Å². The molecule has 5 N–H and O–H groups in total. The van der Waals surface area contributed by atoms with Crippen LogP contribution >= 0.6 is 23.4 Å². The monoisotopic (exact) mass is 533 g/mol. The van der Waals surface area contributed by atoms with E-state index in [-0.39, 0.29) is 17.4 Å². The Bertz CT molecular complexity index is 1430. The molecule has 2 aliphatic rings. The lowest BCUT2D eigenvalue weighted by atomic mass is 9.73. The van der Waals surface area contributed by atoms with Crippen LogP contribution in [0.4, 0.5) is 11.6 Å². The van der Waals surface area contributed by atoms with Crippen LogP contribution in [0.5, 0.6) is 0 Å². The van der Waals surface area contributed by atoms with E-state index in [4.69, 9.17) is 33.0 Å². The molecular formula is C27H28ClN7OS. The average Bonchev–Trinajstić information content (AvgIpc) is 3.16. The average molecular weight is 534 g/mol. The molecule has 3 heterocycles. The zero-order valence-electron chi connectivity index (χ0n) is 20.7. The Morgan fingerprint density at radius 3 is 2.78 bits per heavy atom. The fourth-order valence-corrected chi connectivity index (χ4v) is 6.30. The number of fused-ring (bicyclic) bond motifs is 1. The second kappa shape index (κ2) is 10.2. The molecule has 0 radical (unpaired) electrons. The van der Waals surface area contributed by atoms with Crippen molar-refractivity contribution in [3.8, 4) is 11.8 Å². The van der Waals surface area contributed by atoms with Gasteiger partial charge in [0.05, 0.1) is 16.9 Å². The van der Waals surface area contributed by atoms with Crippen molar-refractivity contribution >= 4 is 40.9 Å². The van der Waals surface area contributed by atoms with Crippen molar-refractivity contribution in [3.63, 3.8) is 0 Å². The second-order valence-electron chi connectivity index (χ2n) is 9.47. The fourth-order valence-electron chi connectivity index (χ4n) is 5.23. The van der Waals surface area contributed by atoms with Gasteiger partial charge in [0.2, 0.25) is 0 Å². The molecule has 1 fully saturated rings. The first-order valence-corrected chi connectivity index (χ1v) is 13.3. The molecule has 37 heavy (non-hydrogen) atoms. The normalized spacial score (nSPS) is 17.7. The Hall–Kier alpha value is -3.32. The third-order valence-corrected chi connectivity index (χ3v) is 8.76. The van der Waals surface area contributed by atoms with Gasteiger partial charge in [0.25, 0.3) is 5.91 Å². The smallest absolute Gasteiger partial charge is 0.295 e. The van der Waals surface area contributed by atoms with Crippen molar-refractivity contribution in [2.24, 2.45) is 11.1 Å². The highest BCUT2D eigenvalue weighted by Gasteiger charge is 2.46. The molecule has 1 aliphatic carbocycles. The molecule has 10 heteroatoms. The van der Waals surface area contributed by atoms with Gasteiger partial charge in [-0.25, -0.2) is 15.0 Å². The molecule has 1 spiro atoms. The molecule has 0 unspecified atom stereocenters. The van der Waals surface area contributed by atoms with Crippen LogP contribution < -0.4 is 21.7 Å². The predicted octanol–water partition coefficient (Wildman–Crippen LogP) is 3.51. The molecule has 3 aromatic rings. The van der Waals surface area contributed by atoms with Crippen molar-refractivity contribution < 1.29 is 4.79 Å². The lowest BCUT2D eigenvalue weighted by molar-refractivity contribution is -0.115. The van der Waals surface area contributed by atoms with Gasteiger partial charge in [-0.05, 0) is 60.9 Å². The number of hydrogen-bond acceptors (Lipinski definition) is 8. The molecule has 8 nitrogen and oxygen atoms in total. The van der Waals surface area contributed by atoms with Crippen LogP contribution in [-0.2, 0) is 11.2 Å². The number of carbonyl (C=O) groups excluding carboxylic acids is 1. The molecule has 1 amide bonds. The Morgan fingerprint density at radius 2 is 2.05 bits per heavy atom. The number of rotatable bonds is 3. The molecule has 1 aromatic carbocycles. The zero-order valence-corrected chi connectivity index (χ0v) is 22.3. The van der Waals surface area contributed by atoms with Crippen LogP contribution in [-0.4, -0.2) is 41.0 Å². The molecular weight excluding hydrogens is 506 g/mol. The Morgan fingerprint density at radius 1 is 1.27 bits per heavy atom. The van der Waals surface area contributed by atoms with E-state index in [0.717, 1.165) is 64.9 Å². The van der Waals surface area contributed by atoms with Gasteiger partial charge in [0.15, 0.2) is 0 Å². The van der Waals surface area contributed by atoms with Crippen molar-refractivity contribution in [1.29, 1.82) is 0 Å². The molecule has 1 aliphatic heterocycles. The number of carbonyl (C=O) groups is 1. The first-order valence-electron chi connectivity index (χ1n) is 12.1. The summed E-state index contributed by atoms with van der Waals surface area (Å²) >= 11 is 7.71. The summed E-state index contributed by atoms with van der Waals surface area (Å²) in [6, 6.07) is 7.89. The quantitative estimate of drug-likeness (QED) is 0.437. The van der Waals surface area contributed by atoms with Gasteiger partial charge >= 0.3 is 0 Å². The van der Waals surface area contributed by atoms with E-state index < -0.39 is 0 Å². The highest BCUT2D eigenvalue weighted by atomic mass is 35.5. The summed E-state index contributed by atoms with van der Waals surface area (Å²) < 4.78 is 0. The summed E-state index contributed by atoms with van der Waals surface area (Å²) in [5, 5.41) is 3.70. The van der Waals surface area contributed by atoms with Crippen LogP contribution in [0.1, 0.15) is 41.3 Å². The number of nitrogens with one attached hydrogen (secondary N) is 1. The third-order valence-electron chi connectivity index (χ3n) is 7.28. The molecule has 1 saturated heterocycles. The predicted molar refractivity (Wildman–Crippen MR) is 146 cm³/mol. The van der Waals surface area contributed by atoms with Crippen LogP contribution in [0, 0.1) is 24.2 Å². The van der Waals surface area contributed by atoms with Crippen molar-refractivity contribution in [2.75, 3.05) is 30.8 Å². The number of nitrogens with two attached hydrogens (primary N) is 2. The molecule has 5 rings (SSSR count). The summed E-state index contributed by atoms with van der Waals surface area (Å²) in [4.78, 5) is 28.1. The van der Waals surface area contributed by atoms with Crippen molar-refractivity contribution in [2.45, 2.75) is 42.1 Å². The van der Waals surface area contributed by atoms with Crippen molar-refractivity contribution in [3.05, 3.63) is 64.1 Å². The number of piperidine rings is 1. The summed E-state index contributed by atoms with van der Waals surface area (Å²) in [5.74, 6) is 6.44. The molecule has 0 bridgehead atoms. The number of pyridine rings is 1. The van der Waals surface area contributed by atoms with Gasteiger partial charge in [0.1, 0.15) is 16.7 Å². The molecule has 0 saturated carbocycles. The third kappa shape index (κ3) is 4.97. The number of aryl methyl sites for hydroxylation is 1. The lowest BCUT2D eigenvalue weighted by Gasteiger charge is -2.42. The van der Waals surface area contributed by atoms with E-state index in [1.165, 1.54) is 17.3 Å². The SMILES string of the molecule is CNC(=O)C#Cc1ccc2c(c1)[C@@H](N)C1(CCN(c3ncc(Sc4ccnc(N)c4Cl)nc3C)CC1)C2. The summed E-state index contributed by atoms with van der Waals surface area (Å²) in [5.41, 5.74) is 16.8. The number of amides is 1. The van der Waals surface area contributed by atoms with E-state index in [2.05, 4.69) is 33.1 Å². The topological polar surface area (TPSA) is 123 Å². The summed E-state index contributed by atoms with van der Waals surface area (Å²) in [6.07, 6.45) is 6.30. The minimum atomic E-state index is -0.301. The minimum absolute atomic E-state index is 0.0147. The maximum absolute atomic E-state index is 11.5. The lowest BCUT2D eigenvalue weighted by Crippen LogP contribution is -2.44. The number of anilines is 2. The maximum atomic E-state index is 11.5. The minimum Gasteiger partial charge on any atom is -0.382 e. The van der Waals surface area contributed by atoms with Gasteiger partial charge in [-0.1, -0.05) is 35.3 Å². The Balaban J connectivity index is 1.27. The Kier molecular flexibility index (Phi) is 6.99. The van der Waals surface area contributed by atoms with Crippen molar-refractivity contribution in [1.82, 2.24) is 20.3 Å². The highest BCUT2D eigenvalue weighted by molar-refractivity contribution is 7.99. The number of nitrogen functional groups attached to an aromatic ring is 1. The number of benzene rings is 1. The van der Waals surface area contributed by atoms with Crippen LogP contribution in [0.2, 0.25) is 5.02 Å². The van der Waals surface area contributed by atoms with Crippen LogP contribution in [0.3, 0.4) is 0 Å². The zero-order chi connectivity index (χ0) is 26.2. The van der Waals surface area contributed by atoms with E-state index in [1.54, 1.807) is 19.4 Å². The highest BCUT2D eigenvalue weighted by Crippen LogP contribution is 2.51. The maximum Gasteiger partial charge on any atom is 0.295 e. The fraction of sp³-hybridized carbons (Fsp3) is 0.333. The summed E-state index contributed by atoms with van der Waals surface area (Å²) in [6.45, 7) is 3.71. The largest absolute Gasteiger partial charge is 0.382 e. The Labute approximate surface area is 225 Å². The van der Waals surface area contributed by atoms with Gasteiger partial charge in [0, 0.05) is 48.8 Å². The van der Waals surface area contributed by atoms with Crippen LogP contribution in [0.15, 0.2) is 46.6 Å². The first-order chi connectivity index (χ1) is 17.8. The number of halogens is 1. The summed E-state index contributed by atoms with van der Waals surface area (Å²) in [7, 11) is 1.57. The molecule has 190 valence electrons. The van der Waals surface area contributed by atoms with E-state index in [9.17, 15) is 4.79 Å². The number of nitrogens with zero attached hydrogens (tertiary/aromatic N) is 4. The molecule has 2 aromatic heterocycles. The second-order valence-corrected chi connectivity index (χ2v) is 10.9. The van der Waals surface area contributed by atoms with Crippen LogP contribution in [0.25, 0.3) is 0 Å². The standard InChI is InChI=1S/C27H28ClN7OS/c1-16-26(33-15-22(34-16)37-20-7-10-32-25(30)23(20)28)35-11-8-27(9-12-35)14-18-5-3-17(4-6-21(36)31-2)13-19(18)24(27)29/h3,5,7,10,13,15,24H,8-9,11-12,14,29H2,1-2H3,(H2,30,32)(H,31,36)/t24-/m1/s1. The van der Waals surface area contributed by atoms with Gasteiger partial charge in [-0.15, -0.1) is 0 Å². The van der Waals surface area contributed by atoms with E-state index in [1.807, 2.05) is 25.1 Å². The van der Waals surface area contributed by atoms with Gasteiger partial charge in [-0.2, -0.15) is 0 Å². The van der Waals surface area contributed by atoms with Gasteiger partial charge < -0.3 is 21.7 Å². The first kappa shape index (κ1) is 25.3. The number of hydrogen-bond donors (Lipinski definition) is 3.